The van der Waals surface area contributed by atoms with Crippen molar-refractivity contribution in [3.8, 4) is 0 Å². The van der Waals surface area contributed by atoms with Crippen molar-refractivity contribution < 1.29 is 4.39 Å². The highest BCUT2D eigenvalue weighted by Crippen LogP contribution is 2.23. The van der Waals surface area contributed by atoms with Crippen LogP contribution < -0.4 is 10.9 Å². The van der Waals surface area contributed by atoms with E-state index in [1.54, 1.807) is 6.07 Å². The van der Waals surface area contributed by atoms with Crippen LogP contribution in [0.25, 0.3) is 10.9 Å². The summed E-state index contributed by atoms with van der Waals surface area (Å²) in [5.74, 6) is -0.519. The number of hydrogen-bond donors (Lipinski definition) is 1. The zero-order valence-electron chi connectivity index (χ0n) is 10.2. The lowest BCUT2D eigenvalue weighted by Crippen LogP contribution is -2.35. The Morgan fingerprint density at radius 2 is 2.11 bits per heavy atom. The molecule has 4 nitrogen and oxygen atoms in total. The van der Waals surface area contributed by atoms with Crippen LogP contribution in [0.4, 0.5) is 4.39 Å². The number of fused-ring (bicyclic) bond motifs is 1. The normalized spacial score (nSPS) is 16.9. The number of hydrogen-bond acceptors (Lipinski definition) is 3. The van der Waals surface area contributed by atoms with Gasteiger partial charge >= 0.3 is 0 Å². The highest BCUT2D eigenvalue weighted by atomic mass is 35.5. The third-order valence-corrected chi connectivity index (χ3v) is 3.78. The van der Waals surface area contributed by atoms with Crippen LogP contribution in [0.15, 0.2) is 23.0 Å². The van der Waals surface area contributed by atoms with Crippen LogP contribution >= 0.6 is 11.6 Å². The van der Waals surface area contributed by atoms with Crippen molar-refractivity contribution in [2.75, 3.05) is 13.1 Å². The van der Waals surface area contributed by atoms with E-state index in [4.69, 9.17) is 11.6 Å². The Morgan fingerprint density at radius 1 is 1.37 bits per heavy atom. The van der Waals surface area contributed by atoms with E-state index in [9.17, 15) is 9.18 Å². The van der Waals surface area contributed by atoms with Crippen molar-refractivity contribution in [1.29, 1.82) is 0 Å². The number of nitrogens with one attached hydrogen (secondary N) is 1. The summed E-state index contributed by atoms with van der Waals surface area (Å²) in [6, 6.07) is 4.41. The van der Waals surface area contributed by atoms with Gasteiger partial charge in [0, 0.05) is 6.04 Å². The summed E-state index contributed by atoms with van der Waals surface area (Å²) >= 11 is 6.08. The van der Waals surface area contributed by atoms with Crippen LogP contribution in [-0.2, 0) is 0 Å². The smallest absolute Gasteiger partial charge is 0.262 e. The first-order chi connectivity index (χ1) is 9.18. The van der Waals surface area contributed by atoms with Crippen LogP contribution in [0, 0.1) is 5.82 Å². The van der Waals surface area contributed by atoms with E-state index in [1.165, 1.54) is 16.7 Å². The second-order valence-corrected chi connectivity index (χ2v) is 5.01. The number of benzene rings is 1. The topological polar surface area (TPSA) is 46.9 Å². The van der Waals surface area contributed by atoms with Gasteiger partial charge in [0.05, 0.1) is 5.39 Å². The van der Waals surface area contributed by atoms with Crippen LogP contribution in [-0.4, -0.2) is 22.6 Å². The number of piperidine rings is 1. The minimum absolute atomic E-state index is 0.0291. The van der Waals surface area contributed by atoms with Gasteiger partial charge in [-0.25, -0.2) is 9.37 Å². The maximum Gasteiger partial charge on any atom is 0.262 e. The van der Waals surface area contributed by atoms with Gasteiger partial charge in [-0.15, -0.1) is 0 Å². The van der Waals surface area contributed by atoms with Crippen molar-refractivity contribution in [1.82, 2.24) is 14.9 Å². The molecule has 1 fully saturated rings. The van der Waals surface area contributed by atoms with Crippen molar-refractivity contribution >= 4 is 22.5 Å². The molecule has 0 radical (unpaired) electrons. The van der Waals surface area contributed by atoms with Gasteiger partial charge in [0.1, 0.15) is 11.3 Å². The molecule has 1 saturated heterocycles. The summed E-state index contributed by atoms with van der Waals surface area (Å²) in [5, 5.41) is 3.58. The first-order valence-corrected chi connectivity index (χ1v) is 6.63. The molecular weight excluding hydrogens is 269 g/mol. The zero-order valence-corrected chi connectivity index (χ0v) is 11.0. The molecule has 0 spiro atoms. The highest BCUT2D eigenvalue weighted by Gasteiger charge is 2.21. The number of para-hydroxylation sites is 1. The molecule has 1 N–H and O–H groups in total. The molecule has 0 aliphatic carbocycles. The maximum absolute atomic E-state index is 13.6. The van der Waals surface area contributed by atoms with Crippen molar-refractivity contribution in [3.63, 3.8) is 0 Å². The summed E-state index contributed by atoms with van der Waals surface area (Å²) in [7, 11) is 0. The largest absolute Gasteiger partial charge is 0.317 e. The average molecular weight is 282 g/mol. The van der Waals surface area contributed by atoms with E-state index in [-0.39, 0.29) is 27.8 Å². The molecule has 0 atom stereocenters. The van der Waals surface area contributed by atoms with Crippen LogP contribution in [0.1, 0.15) is 18.9 Å². The predicted octanol–water partition coefficient (Wildman–Crippen LogP) is 2.11. The SMILES string of the molecule is O=c1c2cccc(F)c2nc(Cl)n1C1CCNCC1. The van der Waals surface area contributed by atoms with Crippen LogP contribution in [0.2, 0.25) is 5.28 Å². The van der Waals surface area contributed by atoms with Gasteiger partial charge < -0.3 is 5.32 Å². The van der Waals surface area contributed by atoms with Gasteiger partial charge in [-0.1, -0.05) is 6.07 Å². The molecule has 0 unspecified atom stereocenters. The molecule has 0 amide bonds. The fourth-order valence-corrected chi connectivity index (χ4v) is 2.84. The highest BCUT2D eigenvalue weighted by molar-refractivity contribution is 6.28. The molecule has 6 heteroatoms. The lowest BCUT2D eigenvalue weighted by Gasteiger charge is -2.25. The fraction of sp³-hybridized carbons (Fsp3) is 0.385. The van der Waals surface area contributed by atoms with E-state index < -0.39 is 5.82 Å². The summed E-state index contributed by atoms with van der Waals surface area (Å²) in [6.45, 7) is 1.68. The van der Waals surface area contributed by atoms with Crippen molar-refractivity contribution in [2.24, 2.45) is 0 Å². The molecule has 2 aromatic rings. The Bertz CT molecular complexity index is 679. The van der Waals surface area contributed by atoms with Gasteiger partial charge in [-0.2, -0.15) is 0 Å². The van der Waals surface area contributed by atoms with Gasteiger partial charge in [-0.3, -0.25) is 9.36 Å². The van der Waals surface area contributed by atoms with E-state index in [1.807, 2.05) is 0 Å². The number of rotatable bonds is 1. The number of halogens is 2. The van der Waals surface area contributed by atoms with Gasteiger partial charge in [-0.05, 0) is 49.7 Å². The quantitative estimate of drug-likeness (QED) is 0.815. The average Bonchev–Trinajstić information content (AvgIpc) is 2.41. The Hall–Kier alpha value is -1.46. The third-order valence-electron chi connectivity index (χ3n) is 3.51. The molecule has 3 rings (SSSR count). The standard InChI is InChI=1S/C13H13ClFN3O/c14-13-17-11-9(2-1-3-10(11)15)12(19)18(13)8-4-6-16-7-5-8/h1-3,8,16H,4-7H2. The lowest BCUT2D eigenvalue weighted by molar-refractivity contribution is 0.360. The first kappa shape index (κ1) is 12.6. The monoisotopic (exact) mass is 281 g/mol. The minimum atomic E-state index is -0.519. The summed E-state index contributed by atoms with van der Waals surface area (Å²) in [5.41, 5.74) is -0.218. The first-order valence-electron chi connectivity index (χ1n) is 6.25. The molecule has 1 aromatic heterocycles. The van der Waals surface area contributed by atoms with Gasteiger partial charge in [0.2, 0.25) is 5.28 Å². The Labute approximate surface area is 114 Å². The molecular formula is C13H13ClFN3O. The zero-order chi connectivity index (χ0) is 13.4. The second kappa shape index (κ2) is 4.90. The van der Waals surface area contributed by atoms with Gasteiger partial charge in [0.25, 0.3) is 5.56 Å². The summed E-state index contributed by atoms with van der Waals surface area (Å²) < 4.78 is 15.1. The maximum atomic E-state index is 13.6. The molecule has 1 aliphatic heterocycles. The van der Waals surface area contributed by atoms with Crippen LogP contribution in [0.5, 0.6) is 0 Å². The van der Waals surface area contributed by atoms with Crippen LogP contribution in [0.3, 0.4) is 0 Å². The van der Waals surface area contributed by atoms with E-state index in [0.29, 0.717) is 0 Å². The van der Waals surface area contributed by atoms with Crippen molar-refractivity contribution in [3.05, 3.63) is 39.7 Å². The predicted molar refractivity (Wildman–Crippen MR) is 72.1 cm³/mol. The second-order valence-electron chi connectivity index (χ2n) is 4.67. The van der Waals surface area contributed by atoms with Gasteiger partial charge in [0.15, 0.2) is 0 Å². The van der Waals surface area contributed by atoms with Crippen molar-refractivity contribution in [2.45, 2.75) is 18.9 Å². The Balaban J connectivity index is 2.22. The molecule has 0 saturated carbocycles. The third kappa shape index (κ3) is 2.13. The fourth-order valence-electron chi connectivity index (χ4n) is 2.54. The molecule has 1 aliphatic rings. The van der Waals surface area contributed by atoms with E-state index in [0.717, 1.165) is 25.9 Å². The number of aromatic nitrogens is 2. The summed E-state index contributed by atoms with van der Waals surface area (Å²) in [6.07, 6.45) is 1.64. The Morgan fingerprint density at radius 3 is 2.84 bits per heavy atom. The molecule has 1 aromatic carbocycles. The Kier molecular flexibility index (Phi) is 3.24. The number of nitrogens with zero attached hydrogens (tertiary/aromatic N) is 2. The molecule has 0 bridgehead atoms. The van der Waals surface area contributed by atoms with E-state index >= 15 is 0 Å². The molecule has 2 heterocycles. The molecule has 100 valence electrons. The van der Waals surface area contributed by atoms with E-state index in [2.05, 4.69) is 10.3 Å². The summed E-state index contributed by atoms with van der Waals surface area (Å²) in [4.78, 5) is 16.5. The lowest BCUT2D eigenvalue weighted by atomic mass is 10.1. The molecule has 19 heavy (non-hydrogen) atoms. The minimum Gasteiger partial charge on any atom is -0.317 e.